The number of nitrogens with zero attached hydrogens (tertiary/aromatic N) is 2. The number of hydrogen-bond acceptors (Lipinski definition) is 4. The standard InChI is InChI=1S/C29H34N4O2/c1-20(21-10-4-2-5-11-21)31-29(35)27-23-14-8-9-15-25(23)32-28(22-12-6-3-7-13-22)24(27)19-33-17-16-30-18-26(33)34/h3,6-9,12-15,20-21,30H,2,4-5,10-11,16-19H2,1H3,(H,31,35). The van der Waals surface area contributed by atoms with Crippen LogP contribution in [-0.4, -0.2) is 47.4 Å². The van der Waals surface area contributed by atoms with E-state index in [1.165, 1.54) is 19.3 Å². The minimum atomic E-state index is -0.0727. The van der Waals surface area contributed by atoms with Gasteiger partial charge in [-0.25, -0.2) is 4.98 Å². The Morgan fingerprint density at radius 1 is 1.09 bits per heavy atom. The Labute approximate surface area is 207 Å². The molecule has 6 heteroatoms. The van der Waals surface area contributed by atoms with Crippen molar-refractivity contribution in [3.05, 3.63) is 65.7 Å². The molecule has 2 amide bonds. The van der Waals surface area contributed by atoms with Crippen molar-refractivity contribution in [2.45, 2.75) is 51.6 Å². The summed E-state index contributed by atoms with van der Waals surface area (Å²) in [6.45, 7) is 4.17. The molecule has 1 aliphatic carbocycles. The number of aromatic nitrogens is 1. The van der Waals surface area contributed by atoms with Crippen molar-refractivity contribution in [3.63, 3.8) is 0 Å². The molecule has 2 fully saturated rings. The monoisotopic (exact) mass is 470 g/mol. The van der Waals surface area contributed by atoms with Crippen LogP contribution in [0.4, 0.5) is 0 Å². The lowest BCUT2D eigenvalue weighted by molar-refractivity contribution is -0.132. The Morgan fingerprint density at radius 3 is 2.60 bits per heavy atom. The van der Waals surface area contributed by atoms with Gasteiger partial charge in [-0.05, 0) is 31.7 Å². The smallest absolute Gasteiger partial charge is 0.252 e. The van der Waals surface area contributed by atoms with Crippen molar-refractivity contribution in [2.24, 2.45) is 5.92 Å². The summed E-state index contributed by atoms with van der Waals surface area (Å²) in [5, 5.41) is 7.31. The fourth-order valence-corrected chi connectivity index (χ4v) is 5.53. The van der Waals surface area contributed by atoms with Gasteiger partial charge in [-0.1, -0.05) is 67.8 Å². The van der Waals surface area contributed by atoms with Crippen LogP contribution in [-0.2, 0) is 11.3 Å². The number of rotatable bonds is 6. The molecule has 3 aromatic rings. The van der Waals surface area contributed by atoms with Gasteiger partial charge in [-0.15, -0.1) is 0 Å². The third-order valence-electron chi connectivity index (χ3n) is 7.52. The number of amides is 2. The van der Waals surface area contributed by atoms with Crippen molar-refractivity contribution in [1.82, 2.24) is 20.5 Å². The predicted octanol–water partition coefficient (Wildman–Crippen LogP) is 4.53. The molecule has 0 bridgehead atoms. The number of nitrogens with one attached hydrogen (secondary N) is 2. The van der Waals surface area contributed by atoms with Crippen LogP contribution in [0.1, 0.15) is 54.9 Å². The van der Waals surface area contributed by atoms with Crippen molar-refractivity contribution in [2.75, 3.05) is 19.6 Å². The number of para-hydroxylation sites is 1. The Balaban J connectivity index is 1.62. The number of hydrogen-bond donors (Lipinski definition) is 2. The van der Waals surface area contributed by atoms with Crippen molar-refractivity contribution < 1.29 is 9.59 Å². The van der Waals surface area contributed by atoms with E-state index in [0.29, 0.717) is 31.1 Å². The van der Waals surface area contributed by atoms with Gasteiger partial charge >= 0.3 is 0 Å². The van der Waals surface area contributed by atoms with Gasteiger partial charge in [0.15, 0.2) is 0 Å². The first-order chi connectivity index (χ1) is 17.1. The first-order valence-electron chi connectivity index (χ1n) is 12.9. The average molecular weight is 471 g/mol. The van der Waals surface area contributed by atoms with Gasteiger partial charge in [-0.2, -0.15) is 0 Å². The number of carbonyl (C=O) groups excluding carboxylic acids is 2. The summed E-state index contributed by atoms with van der Waals surface area (Å²) in [7, 11) is 0. The van der Waals surface area contributed by atoms with Crippen LogP contribution in [0.5, 0.6) is 0 Å². The molecular weight excluding hydrogens is 436 g/mol. The lowest BCUT2D eigenvalue weighted by atomic mass is 9.84. The van der Waals surface area contributed by atoms with E-state index in [-0.39, 0.29) is 17.9 Å². The molecule has 2 heterocycles. The van der Waals surface area contributed by atoms with Gasteiger partial charge in [0.2, 0.25) is 5.91 Å². The van der Waals surface area contributed by atoms with Crippen LogP contribution < -0.4 is 10.6 Å². The average Bonchev–Trinajstić information content (AvgIpc) is 2.90. The highest BCUT2D eigenvalue weighted by Gasteiger charge is 2.28. The molecule has 2 N–H and O–H groups in total. The summed E-state index contributed by atoms with van der Waals surface area (Å²) >= 11 is 0. The number of pyridine rings is 1. The molecule has 0 radical (unpaired) electrons. The van der Waals surface area contributed by atoms with Gasteiger partial charge < -0.3 is 15.5 Å². The predicted molar refractivity (Wildman–Crippen MR) is 139 cm³/mol. The maximum Gasteiger partial charge on any atom is 0.252 e. The lowest BCUT2D eigenvalue weighted by Crippen LogP contribution is -2.48. The summed E-state index contributed by atoms with van der Waals surface area (Å²) in [5.41, 5.74) is 3.97. The highest BCUT2D eigenvalue weighted by atomic mass is 16.2. The van der Waals surface area contributed by atoms with Gasteiger partial charge in [0.05, 0.1) is 23.3 Å². The third kappa shape index (κ3) is 5.08. The Hall–Kier alpha value is -3.25. The molecule has 1 saturated heterocycles. The number of piperazine rings is 1. The zero-order chi connectivity index (χ0) is 24.2. The number of carbonyl (C=O) groups is 2. The number of benzene rings is 2. The number of fused-ring (bicyclic) bond motifs is 1. The van der Waals surface area contributed by atoms with Crippen molar-refractivity contribution >= 4 is 22.7 Å². The summed E-state index contributed by atoms with van der Waals surface area (Å²) in [6.07, 6.45) is 6.08. The van der Waals surface area contributed by atoms with E-state index in [1.807, 2.05) is 59.5 Å². The lowest BCUT2D eigenvalue weighted by Gasteiger charge is -2.31. The minimum Gasteiger partial charge on any atom is -0.349 e. The summed E-state index contributed by atoms with van der Waals surface area (Å²) in [5.74, 6) is 0.481. The molecule has 35 heavy (non-hydrogen) atoms. The molecule has 1 atom stereocenters. The molecule has 1 saturated carbocycles. The van der Waals surface area contributed by atoms with Crippen LogP contribution in [0.25, 0.3) is 22.2 Å². The second-order valence-corrected chi connectivity index (χ2v) is 9.85. The van der Waals surface area contributed by atoms with Crippen LogP contribution in [0.3, 0.4) is 0 Å². The molecule has 182 valence electrons. The third-order valence-corrected chi connectivity index (χ3v) is 7.52. The molecule has 2 aliphatic rings. The Morgan fingerprint density at radius 2 is 1.83 bits per heavy atom. The normalized spacial score (nSPS) is 18.0. The SMILES string of the molecule is CC(NC(=O)c1c(CN2CCNCC2=O)c(-c2ccccc2)nc2ccccc12)C1CCCCC1. The second kappa shape index (κ2) is 10.6. The maximum atomic E-state index is 14.0. The maximum absolute atomic E-state index is 14.0. The Kier molecular flexibility index (Phi) is 7.09. The molecule has 5 rings (SSSR count). The highest BCUT2D eigenvalue weighted by Crippen LogP contribution is 2.32. The largest absolute Gasteiger partial charge is 0.349 e. The van der Waals surface area contributed by atoms with Crippen LogP contribution in [0.2, 0.25) is 0 Å². The van der Waals surface area contributed by atoms with E-state index in [2.05, 4.69) is 17.6 Å². The Bertz CT molecular complexity index is 1200. The molecule has 2 aromatic carbocycles. The summed E-state index contributed by atoms with van der Waals surface area (Å²) in [6, 6.07) is 17.9. The topological polar surface area (TPSA) is 74.3 Å². The van der Waals surface area contributed by atoms with E-state index < -0.39 is 0 Å². The van der Waals surface area contributed by atoms with E-state index in [4.69, 9.17) is 4.98 Å². The highest BCUT2D eigenvalue weighted by molar-refractivity contribution is 6.09. The minimum absolute atomic E-state index is 0.0466. The van der Waals surface area contributed by atoms with Crippen LogP contribution in [0.15, 0.2) is 54.6 Å². The van der Waals surface area contributed by atoms with Gasteiger partial charge in [0.25, 0.3) is 5.91 Å². The van der Waals surface area contributed by atoms with Gasteiger partial charge in [-0.3, -0.25) is 9.59 Å². The summed E-state index contributed by atoms with van der Waals surface area (Å²) < 4.78 is 0. The fraction of sp³-hybridized carbons (Fsp3) is 0.414. The zero-order valence-corrected chi connectivity index (χ0v) is 20.4. The van der Waals surface area contributed by atoms with E-state index in [0.717, 1.165) is 47.1 Å². The van der Waals surface area contributed by atoms with E-state index in [1.54, 1.807) is 0 Å². The van der Waals surface area contributed by atoms with Crippen molar-refractivity contribution in [1.29, 1.82) is 0 Å². The molecular formula is C29H34N4O2. The molecule has 0 spiro atoms. The van der Waals surface area contributed by atoms with Crippen LogP contribution in [0, 0.1) is 5.92 Å². The molecule has 1 aliphatic heterocycles. The van der Waals surface area contributed by atoms with Crippen LogP contribution >= 0.6 is 0 Å². The molecule has 1 aromatic heterocycles. The quantitative estimate of drug-likeness (QED) is 0.555. The van der Waals surface area contributed by atoms with Gasteiger partial charge in [0, 0.05) is 42.2 Å². The summed E-state index contributed by atoms with van der Waals surface area (Å²) in [4.78, 5) is 33.6. The zero-order valence-electron chi connectivity index (χ0n) is 20.4. The van der Waals surface area contributed by atoms with E-state index in [9.17, 15) is 9.59 Å². The van der Waals surface area contributed by atoms with E-state index >= 15 is 0 Å². The van der Waals surface area contributed by atoms with Gasteiger partial charge in [0.1, 0.15) is 0 Å². The molecule has 1 unspecified atom stereocenters. The second-order valence-electron chi connectivity index (χ2n) is 9.85. The first kappa shape index (κ1) is 23.5. The van der Waals surface area contributed by atoms with Crippen molar-refractivity contribution in [3.8, 4) is 11.3 Å². The molecule has 6 nitrogen and oxygen atoms in total. The first-order valence-corrected chi connectivity index (χ1v) is 12.9. The fourth-order valence-electron chi connectivity index (χ4n) is 5.53.